The van der Waals surface area contributed by atoms with Gasteiger partial charge in [0.15, 0.2) is 0 Å². The molecule has 0 spiro atoms. The molecular formula is C10H19NO2. The molecular weight excluding hydrogens is 166 g/mol. The molecule has 1 heterocycles. The first kappa shape index (κ1) is 10.5. The van der Waals surface area contributed by atoms with Gasteiger partial charge in [0, 0.05) is 26.2 Å². The average Bonchev–Trinajstić information content (AvgIpc) is 2.32. The van der Waals surface area contributed by atoms with Gasteiger partial charge in [-0.25, -0.2) is 0 Å². The van der Waals surface area contributed by atoms with Crippen LogP contribution in [-0.4, -0.2) is 26.2 Å². The largest absolute Gasteiger partial charge is 0.385 e. The minimum atomic E-state index is 0.234. The fraction of sp³-hybridized carbons (Fsp3) is 0.900. The number of amides is 1. The molecule has 1 N–H and O–H groups in total. The highest BCUT2D eigenvalue weighted by atomic mass is 16.5. The maximum atomic E-state index is 11.5. The fourth-order valence-electron chi connectivity index (χ4n) is 1.75. The van der Waals surface area contributed by atoms with Gasteiger partial charge in [-0.3, -0.25) is 4.79 Å². The van der Waals surface area contributed by atoms with E-state index < -0.39 is 0 Å². The summed E-state index contributed by atoms with van der Waals surface area (Å²) in [7, 11) is 1.70. The highest BCUT2D eigenvalue weighted by Gasteiger charge is 2.19. The molecule has 0 saturated carbocycles. The van der Waals surface area contributed by atoms with Crippen molar-refractivity contribution in [2.45, 2.75) is 32.1 Å². The van der Waals surface area contributed by atoms with Crippen molar-refractivity contribution in [3.05, 3.63) is 0 Å². The zero-order chi connectivity index (χ0) is 9.52. The zero-order valence-corrected chi connectivity index (χ0v) is 8.34. The minimum absolute atomic E-state index is 0.234. The Morgan fingerprint density at radius 3 is 3.15 bits per heavy atom. The predicted molar refractivity (Wildman–Crippen MR) is 51.5 cm³/mol. The summed E-state index contributed by atoms with van der Waals surface area (Å²) in [6.45, 7) is 1.63. The Morgan fingerprint density at radius 2 is 2.38 bits per heavy atom. The average molecular weight is 185 g/mol. The number of hydrogen-bond donors (Lipinski definition) is 1. The van der Waals surface area contributed by atoms with E-state index in [1.54, 1.807) is 7.11 Å². The molecule has 1 atom stereocenters. The van der Waals surface area contributed by atoms with Crippen molar-refractivity contribution >= 4 is 5.91 Å². The second-order valence-electron chi connectivity index (χ2n) is 3.62. The lowest BCUT2D eigenvalue weighted by atomic mass is 9.97. The van der Waals surface area contributed by atoms with Gasteiger partial charge in [0.2, 0.25) is 5.91 Å². The molecule has 1 saturated heterocycles. The first-order valence-electron chi connectivity index (χ1n) is 5.11. The van der Waals surface area contributed by atoms with Gasteiger partial charge in [-0.05, 0) is 25.7 Å². The number of rotatable bonds is 4. The van der Waals surface area contributed by atoms with Crippen LogP contribution in [0.15, 0.2) is 0 Å². The Morgan fingerprint density at radius 1 is 1.54 bits per heavy atom. The molecule has 1 amide bonds. The molecule has 3 heteroatoms. The number of carbonyl (C=O) groups excluding carboxylic acids is 1. The van der Waals surface area contributed by atoms with Crippen molar-refractivity contribution in [3.63, 3.8) is 0 Å². The van der Waals surface area contributed by atoms with Crippen molar-refractivity contribution in [2.24, 2.45) is 5.92 Å². The molecule has 0 aromatic rings. The van der Waals surface area contributed by atoms with E-state index in [0.717, 1.165) is 38.8 Å². The summed E-state index contributed by atoms with van der Waals surface area (Å²) in [5.41, 5.74) is 0. The molecule has 13 heavy (non-hydrogen) atoms. The quantitative estimate of drug-likeness (QED) is 0.671. The molecule has 1 fully saturated rings. The molecule has 0 bridgehead atoms. The van der Waals surface area contributed by atoms with E-state index in [-0.39, 0.29) is 11.8 Å². The van der Waals surface area contributed by atoms with E-state index >= 15 is 0 Å². The summed E-state index contributed by atoms with van der Waals surface area (Å²) in [6.07, 6.45) is 5.33. The van der Waals surface area contributed by atoms with Crippen LogP contribution >= 0.6 is 0 Å². The summed E-state index contributed by atoms with van der Waals surface area (Å²) < 4.78 is 4.97. The molecule has 0 aromatic carbocycles. The van der Waals surface area contributed by atoms with Crippen LogP contribution in [0.25, 0.3) is 0 Å². The lowest BCUT2D eigenvalue weighted by Crippen LogP contribution is -2.28. The maximum absolute atomic E-state index is 11.5. The van der Waals surface area contributed by atoms with Crippen molar-refractivity contribution < 1.29 is 9.53 Å². The second kappa shape index (κ2) is 5.97. The molecule has 1 aliphatic heterocycles. The van der Waals surface area contributed by atoms with Gasteiger partial charge in [0.1, 0.15) is 0 Å². The van der Waals surface area contributed by atoms with E-state index in [9.17, 15) is 4.79 Å². The Hall–Kier alpha value is -0.570. The SMILES string of the molecule is COCCCC1CCCCNC1=O. The molecule has 0 aromatic heterocycles. The van der Waals surface area contributed by atoms with E-state index in [1.165, 1.54) is 6.42 Å². The van der Waals surface area contributed by atoms with Crippen LogP contribution < -0.4 is 5.32 Å². The summed E-state index contributed by atoms with van der Waals surface area (Å²) in [6, 6.07) is 0. The van der Waals surface area contributed by atoms with Crippen LogP contribution in [-0.2, 0) is 9.53 Å². The third kappa shape index (κ3) is 3.77. The third-order valence-electron chi connectivity index (χ3n) is 2.55. The third-order valence-corrected chi connectivity index (χ3v) is 2.55. The number of ether oxygens (including phenoxy) is 1. The highest BCUT2D eigenvalue weighted by molar-refractivity contribution is 5.78. The summed E-state index contributed by atoms with van der Waals surface area (Å²) in [5, 5.41) is 2.94. The smallest absolute Gasteiger partial charge is 0.223 e. The van der Waals surface area contributed by atoms with Crippen LogP contribution in [0.4, 0.5) is 0 Å². The number of methoxy groups -OCH3 is 1. The van der Waals surface area contributed by atoms with E-state index in [0.29, 0.717) is 0 Å². The first-order chi connectivity index (χ1) is 6.34. The Labute approximate surface area is 79.8 Å². The van der Waals surface area contributed by atoms with Crippen LogP contribution in [0.1, 0.15) is 32.1 Å². The summed E-state index contributed by atoms with van der Waals surface area (Å²) >= 11 is 0. The molecule has 1 rings (SSSR count). The zero-order valence-electron chi connectivity index (χ0n) is 8.34. The van der Waals surface area contributed by atoms with Gasteiger partial charge in [-0.1, -0.05) is 6.42 Å². The van der Waals surface area contributed by atoms with E-state index in [2.05, 4.69) is 5.32 Å². The number of nitrogens with one attached hydrogen (secondary N) is 1. The predicted octanol–water partition coefficient (Wildman–Crippen LogP) is 1.33. The van der Waals surface area contributed by atoms with Crippen LogP contribution in [0.5, 0.6) is 0 Å². The van der Waals surface area contributed by atoms with Crippen LogP contribution in [0, 0.1) is 5.92 Å². The monoisotopic (exact) mass is 185 g/mol. The summed E-state index contributed by atoms with van der Waals surface area (Å²) in [5.74, 6) is 0.478. The van der Waals surface area contributed by atoms with Gasteiger partial charge in [0.25, 0.3) is 0 Å². The highest BCUT2D eigenvalue weighted by Crippen LogP contribution is 2.17. The van der Waals surface area contributed by atoms with Crippen molar-refractivity contribution in [1.29, 1.82) is 0 Å². The molecule has 1 aliphatic rings. The Balaban J connectivity index is 2.24. The Kier molecular flexibility index (Phi) is 4.83. The van der Waals surface area contributed by atoms with E-state index in [1.807, 2.05) is 0 Å². The van der Waals surface area contributed by atoms with Gasteiger partial charge in [0.05, 0.1) is 0 Å². The molecule has 76 valence electrons. The van der Waals surface area contributed by atoms with Crippen molar-refractivity contribution in [3.8, 4) is 0 Å². The van der Waals surface area contributed by atoms with Crippen molar-refractivity contribution in [2.75, 3.05) is 20.3 Å². The van der Waals surface area contributed by atoms with Gasteiger partial charge in [-0.2, -0.15) is 0 Å². The maximum Gasteiger partial charge on any atom is 0.223 e. The fourth-order valence-corrected chi connectivity index (χ4v) is 1.75. The van der Waals surface area contributed by atoms with Gasteiger partial charge >= 0.3 is 0 Å². The Bertz CT molecular complexity index is 159. The molecule has 0 radical (unpaired) electrons. The van der Waals surface area contributed by atoms with Crippen LogP contribution in [0.3, 0.4) is 0 Å². The topological polar surface area (TPSA) is 38.3 Å². The lowest BCUT2D eigenvalue weighted by molar-refractivity contribution is -0.124. The summed E-state index contributed by atoms with van der Waals surface area (Å²) in [4.78, 5) is 11.5. The first-order valence-corrected chi connectivity index (χ1v) is 5.11. The number of carbonyl (C=O) groups is 1. The standard InChI is InChI=1S/C10H19NO2/c1-13-8-4-6-9-5-2-3-7-11-10(9)12/h9H,2-8H2,1H3,(H,11,12). The van der Waals surface area contributed by atoms with Gasteiger partial charge < -0.3 is 10.1 Å². The second-order valence-corrected chi connectivity index (χ2v) is 3.62. The van der Waals surface area contributed by atoms with Crippen molar-refractivity contribution in [1.82, 2.24) is 5.32 Å². The molecule has 3 nitrogen and oxygen atoms in total. The van der Waals surface area contributed by atoms with E-state index in [4.69, 9.17) is 4.74 Å². The number of hydrogen-bond acceptors (Lipinski definition) is 2. The molecule has 0 aliphatic carbocycles. The minimum Gasteiger partial charge on any atom is -0.385 e. The van der Waals surface area contributed by atoms with Gasteiger partial charge in [-0.15, -0.1) is 0 Å². The lowest BCUT2D eigenvalue weighted by Gasteiger charge is -2.11. The normalized spacial score (nSPS) is 23.8. The van der Waals surface area contributed by atoms with Crippen LogP contribution in [0.2, 0.25) is 0 Å². The molecule has 1 unspecified atom stereocenters.